The van der Waals surface area contributed by atoms with Crippen LogP contribution in [0.1, 0.15) is 54.8 Å². The largest absolute Gasteiger partial charge is 0.350 e. The molecule has 7 heteroatoms. The molecule has 2 aromatic carbocycles. The number of nitrogens with one attached hydrogen (secondary N) is 1. The molecule has 0 atom stereocenters. The molecule has 32 heavy (non-hydrogen) atoms. The van der Waals surface area contributed by atoms with Gasteiger partial charge in [0.15, 0.2) is 10.9 Å². The van der Waals surface area contributed by atoms with Crippen molar-refractivity contribution >= 4 is 34.4 Å². The summed E-state index contributed by atoms with van der Waals surface area (Å²) in [6.07, 6.45) is 0.822. The highest BCUT2D eigenvalue weighted by Gasteiger charge is 2.16. The van der Waals surface area contributed by atoms with Crippen molar-refractivity contribution in [1.29, 1.82) is 0 Å². The minimum absolute atomic E-state index is 0.00491. The van der Waals surface area contributed by atoms with Crippen molar-refractivity contribution < 1.29 is 9.59 Å². The lowest BCUT2D eigenvalue weighted by Crippen LogP contribution is -2.30. The van der Waals surface area contributed by atoms with Crippen molar-refractivity contribution in [2.75, 3.05) is 5.75 Å². The van der Waals surface area contributed by atoms with Gasteiger partial charge in [-0.1, -0.05) is 55.9 Å². The second-order valence-corrected chi connectivity index (χ2v) is 9.41. The molecule has 1 N–H and O–H groups in total. The summed E-state index contributed by atoms with van der Waals surface area (Å²) in [6.45, 7) is 8.51. The van der Waals surface area contributed by atoms with Gasteiger partial charge in [0, 0.05) is 23.7 Å². The quantitative estimate of drug-likeness (QED) is 0.293. The molecule has 1 heterocycles. The number of carbonyl (C=O) groups is 2. The van der Waals surface area contributed by atoms with Gasteiger partial charge in [0.25, 0.3) is 11.5 Å². The van der Waals surface area contributed by atoms with E-state index in [1.165, 1.54) is 11.8 Å². The number of amides is 1. The first kappa shape index (κ1) is 23.7. The molecule has 0 fully saturated rings. The number of ketones is 1. The molecule has 0 saturated heterocycles. The van der Waals surface area contributed by atoms with Crippen LogP contribution in [0.2, 0.25) is 0 Å². The molecular formula is C25H29N3O3S. The van der Waals surface area contributed by atoms with Crippen LogP contribution in [0.3, 0.4) is 0 Å². The van der Waals surface area contributed by atoms with E-state index in [1.807, 2.05) is 32.0 Å². The number of thioether (sulfide) groups is 1. The molecule has 3 rings (SSSR count). The molecule has 3 aromatic rings. The molecule has 168 valence electrons. The zero-order valence-corrected chi connectivity index (χ0v) is 19.7. The summed E-state index contributed by atoms with van der Waals surface area (Å²) in [4.78, 5) is 43.0. The number of carbonyl (C=O) groups excluding carboxylic acids is 2. The summed E-state index contributed by atoms with van der Waals surface area (Å²) in [5, 5.41) is 3.82. The molecule has 6 nitrogen and oxygen atoms in total. The number of hydrogen-bond donors (Lipinski definition) is 1. The van der Waals surface area contributed by atoms with E-state index in [0.29, 0.717) is 39.6 Å². The van der Waals surface area contributed by atoms with Crippen LogP contribution >= 0.6 is 11.8 Å². The highest BCUT2D eigenvalue weighted by molar-refractivity contribution is 7.99. The van der Waals surface area contributed by atoms with Gasteiger partial charge < -0.3 is 5.32 Å². The number of benzene rings is 2. The Morgan fingerprint density at radius 2 is 1.75 bits per heavy atom. The maximum Gasteiger partial charge on any atom is 0.262 e. The molecule has 0 aliphatic carbocycles. The first-order valence-corrected chi connectivity index (χ1v) is 11.8. The van der Waals surface area contributed by atoms with Crippen molar-refractivity contribution in [2.45, 2.75) is 51.9 Å². The Hall–Kier alpha value is -2.93. The van der Waals surface area contributed by atoms with E-state index in [0.717, 1.165) is 6.42 Å². The van der Waals surface area contributed by atoms with E-state index in [9.17, 15) is 14.4 Å². The van der Waals surface area contributed by atoms with Crippen LogP contribution in [0.15, 0.2) is 58.5 Å². The summed E-state index contributed by atoms with van der Waals surface area (Å²) in [5.74, 6) is 0.368. The minimum Gasteiger partial charge on any atom is -0.350 e. The second-order valence-electron chi connectivity index (χ2n) is 8.47. The SMILES string of the molecule is CC(C)CCn1c(SCC(=O)c2ccccc2)nc2cc(C(=O)NC(C)C)ccc2c1=O. The van der Waals surface area contributed by atoms with Gasteiger partial charge in [0.2, 0.25) is 0 Å². The lowest BCUT2D eigenvalue weighted by molar-refractivity contribution is 0.0942. The minimum atomic E-state index is -0.207. The maximum atomic E-state index is 13.3. The van der Waals surface area contributed by atoms with Crippen LogP contribution in [0, 0.1) is 5.92 Å². The average molecular weight is 452 g/mol. The molecular weight excluding hydrogens is 422 g/mol. The predicted octanol–water partition coefficient (Wildman–Crippen LogP) is 4.56. The van der Waals surface area contributed by atoms with E-state index < -0.39 is 0 Å². The van der Waals surface area contributed by atoms with Gasteiger partial charge in [0.1, 0.15) is 0 Å². The Morgan fingerprint density at radius 3 is 2.41 bits per heavy atom. The van der Waals surface area contributed by atoms with Gasteiger partial charge in [-0.25, -0.2) is 4.98 Å². The summed E-state index contributed by atoms with van der Waals surface area (Å²) < 4.78 is 1.65. The lowest BCUT2D eigenvalue weighted by Gasteiger charge is -2.15. The summed E-state index contributed by atoms with van der Waals surface area (Å²) in [7, 11) is 0. The monoisotopic (exact) mass is 451 g/mol. The fourth-order valence-corrected chi connectivity index (χ4v) is 4.14. The predicted molar refractivity (Wildman–Crippen MR) is 130 cm³/mol. The Balaban J connectivity index is 1.98. The Bertz CT molecular complexity index is 1170. The van der Waals surface area contributed by atoms with Crippen LogP contribution in [0.25, 0.3) is 10.9 Å². The van der Waals surface area contributed by atoms with E-state index >= 15 is 0 Å². The molecule has 0 unspecified atom stereocenters. The molecule has 0 radical (unpaired) electrons. The van der Waals surface area contributed by atoms with Crippen molar-refractivity contribution in [1.82, 2.24) is 14.9 Å². The van der Waals surface area contributed by atoms with Gasteiger partial charge >= 0.3 is 0 Å². The van der Waals surface area contributed by atoms with Gasteiger partial charge in [-0.3, -0.25) is 19.0 Å². The Labute approximate surface area is 192 Å². The van der Waals surface area contributed by atoms with Gasteiger partial charge in [-0.05, 0) is 44.4 Å². The van der Waals surface area contributed by atoms with Gasteiger partial charge in [0.05, 0.1) is 16.7 Å². The molecule has 1 aromatic heterocycles. The van der Waals surface area contributed by atoms with E-state index in [1.54, 1.807) is 34.9 Å². The van der Waals surface area contributed by atoms with Crippen LogP contribution in [-0.2, 0) is 6.54 Å². The molecule has 0 spiro atoms. The van der Waals surface area contributed by atoms with Crippen molar-refractivity contribution in [2.24, 2.45) is 5.92 Å². The highest BCUT2D eigenvalue weighted by atomic mass is 32.2. The standard InChI is InChI=1S/C25H29N3O3S/c1-16(2)12-13-28-24(31)20-11-10-19(23(30)26-17(3)4)14-21(20)27-25(28)32-15-22(29)18-8-6-5-7-9-18/h5-11,14,16-17H,12-13,15H2,1-4H3,(H,26,30). The van der Waals surface area contributed by atoms with Crippen LogP contribution in [0.5, 0.6) is 0 Å². The first-order chi connectivity index (χ1) is 15.3. The van der Waals surface area contributed by atoms with Crippen molar-refractivity contribution in [3.8, 4) is 0 Å². The third-order valence-electron chi connectivity index (χ3n) is 4.96. The zero-order valence-electron chi connectivity index (χ0n) is 18.9. The number of aromatic nitrogens is 2. The normalized spacial score (nSPS) is 11.3. The molecule has 0 saturated carbocycles. The molecule has 0 aliphatic heterocycles. The third kappa shape index (κ3) is 5.85. The Kier molecular flexibility index (Phi) is 7.85. The lowest BCUT2D eigenvalue weighted by atomic mass is 10.1. The number of fused-ring (bicyclic) bond motifs is 1. The maximum absolute atomic E-state index is 13.3. The highest BCUT2D eigenvalue weighted by Crippen LogP contribution is 2.21. The number of Topliss-reactive ketones (excluding diaryl/α,β-unsaturated/α-hetero) is 1. The molecule has 0 bridgehead atoms. The van der Waals surface area contributed by atoms with Gasteiger partial charge in [-0.15, -0.1) is 0 Å². The topological polar surface area (TPSA) is 81.1 Å². The summed E-state index contributed by atoms with van der Waals surface area (Å²) in [5.41, 5.74) is 1.39. The molecule has 1 amide bonds. The van der Waals surface area contributed by atoms with E-state index in [2.05, 4.69) is 19.2 Å². The summed E-state index contributed by atoms with van der Waals surface area (Å²) >= 11 is 1.26. The van der Waals surface area contributed by atoms with E-state index in [-0.39, 0.29) is 29.0 Å². The third-order valence-corrected chi connectivity index (χ3v) is 5.94. The van der Waals surface area contributed by atoms with Crippen LogP contribution < -0.4 is 10.9 Å². The second kappa shape index (κ2) is 10.6. The van der Waals surface area contributed by atoms with Gasteiger partial charge in [-0.2, -0.15) is 0 Å². The van der Waals surface area contributed by atoms with Crippen molar-refractivity contribution in [3.63, 3.8) is 0 Å². The molecule has 0 aliphatic rings. The van der Waals surface area contributed by atoms with E-state index in [4.69, 9.17) is 4.98 Å². The average Bonchev–Trinajstić information content (AvgIpc) is 2.76. The first-order valence-electron chi connectivity index (χ1n) is 10.8. The van der Waals surface area contributed by atoms with Crippen LogP contribution in [0.4, 0.5) is 0 Å². The number of rotatable bonds is 9. The van der Waals surface area contributed by atoms with Crippen LogP contribution in [-0.4, -0.2) is 33.0 Å². The Morgan fingerprint density at radius 1 is 1.03 bits per heavy atom. The number of hydrogen-bond acceptors (Lipinski definition) is 5. The number of nitrogens with zero attached hydrogens (tertiary/aromatic N) is 2. The summed E-state index contributed by atoms with van der Waals surface area (Å²) in [6, 6.07) is 14.0. The van der Waals surface area contributed by atoms with Crippen molar-refractivity contribution in [3.05, 3.63) is 70.0 Å². The zero-order chi connectivity index (χ0) is 23.3. The smallest absolute Gasteiger partial charge is 0.262 e. The fraction of sp³-hybridized carbons (Fsp3) is 0.360. The fourth-order valence-electron chi connectivity index (χ4n) is 3.22.